The monoisotopic (exact) mass is 249 g/mol. The second-order valence-corrected chi connectivity index (χ2v) is 5.04. The van der Waals surface area contributed by atoms with E-state index >= 15 is 0 Å². The molecule has 0 spiro atoms. The van der Waals surface area contributed by atoms with Crippen molar-refractivity contribution in [3.63, 3.8) is 0 Å². The molecule has 1 N–H and O–H groups in total. The fourth-order valence-corrected chi connectivity index (χ4v) is 2.75. The Morgan fingerprint density at radius 1 is 1.28 bits per heavy atom. The molecule has 0 aliphatic carbocycles. The number of methoxy groups -OCH3 is 1. The largest absolute Gasteiger partial charge is 0.496 e. The average Bonchev–Trinajstić information content (AvgIpc) is 2.41. The molecule has 18 heavy (non-hydrogen) atoms. The van der Waals surface area contributed by atoms with Crippen molar-refractivity contribution in [2.45, 2.75) is 32.2 Å². The van der Waals surface area contributed by atoms with Gasteiger partial charge >= 0.3 is 0 Å². The van der Waals surface area contributed by atoms with E-state index in [0.29, 0.717) is 0 Å². The molecule has 0 aromatic heterocycles. The maximum atomic E-state index is 9.75. The first-order chi connectivity index (χ1) is 8.76. The highest BCUT2D eigenvalue weighted by Crippen LogP contribution is 2.31. The van der Waals surface area contributed by atoms with Gasteiger partial charge in [0.25, 0.3) is 0 Å². The third kappa shape index (κ3) is 2.85. The number of hydrogen-bond donors (Lipinski definition) is 1. The highest BCUT2D eigenvalue weighted by Gasteiger charge is 2.24. The molecule has 0 saturated carbocycles. The van der Waals surface area contributed by atoms with E-state index in [4.69, 9.17) is 4.74 Å². The zero-order valence-electron chi connectivity index (χ0n) is 11.4. The van der Waals surface area contributed by atoms with Crippen LogP contribution in [0.3, 0.4) is 0 Å². The molecule has 2 rings (SSSR count). The van der Waals surface area contributed by atoms with Crippen LogP contribution in [0.15, 0.2) is 18.2 Å². The molecule has 1 heterocycles. The molecule has 3 nitrogen and oxygen atoms in total. The molecule has 3 heteroatoms. The number of likely N-dealkylation sites (tertiary alicyclic amines) is 1. The number of aliphatic hydroxyl groups is 1. The van der Waals surface area contributed by atoms with E-state index in [1.54, 1.807) is 7.11 Å². The van der Waals surface area contributed by atoms with Crippen LogP contribution in [0.25, 0.3) is 0 Å². The molecule has 100 valence electrons. The van der Waals surface area contributed by atoms with Gasteiger partial charge in [-0.2, -0.15) is 0 Å². The second kappa shape index (κ2) is 6.21. The van der Waals surface area contributed by atoms with Crippen molar-refractivity contribution in [2.24, 2.45) is 0 Å². The van der Waals surface area contributed by atoms with E-state index in [9.17, 15) is 5.11 Å². The van der Waals surface area contributed by atoms with Gasteiger partial charge in [-0.15, -0.1) is 0 Å². The highest BCUT2D eigenvalue weighted by molar-refractivity contribution is 5.39. The smallest absolute Gasteiger partial charge is 0.123 e. The Balaban J connectivity index is 2.27. The normalized spacial score (nSPS) is 18.6. The predicted molar refractivity (Wildman–Crippen MR) is 73.0 cm³/mol. The van der Waals surface area contributed by atoms with Crippen LogP contribution in [0.5, 0.6) is 5.75 Å². The van der Waals surface area contributed by atoms with Crippen LogP contribution in [-0.4, -0.2) is 36.8 Å². The number of nitrogens with zero attached hydrogens (tertiary/aromatic N) is 1. The Hall–Kier alpha value is -1.06. The predicted octanol–water partition coefficient (Wildman–Crippen LogP) is 2.52. The number of rotatable bonds is 4. The van der Waals surface area contributed by atoms with Gasteiger partial charge in [-0.05, 0) is 38.9 Å². The molecule has 1 saturated heterocycles. The van der Waals surface area contributed by atoms with E-state index < -0.39 is 0 Å². The van der Waals surface area contributed by atoms with Crippen LogP contribution in [0, 0.1) is 6.92 Å². The number of piperidine rings is 1. The summed E-state index contributed by atoms with van der Waals surface area (Å²) in [5.41, 5.74) is 2.32. The molecule has 0 amide bonds. The van der Waals surface area contributed by atoms with Crippen molar-refractivity contribution in [1.82, 2.24) is 4.90 Å². The number of benzene rings is 1. The van der Waals surface area contributed by atoms with E-state index in [0.717, 1.165) is 24.4 Å². The lowest BCUT2D eigenvalue weighted by atomic mass is 9.99. The van der Waals surface area contributed by atoms with Gasteiger partial charge in [-0.1, -0.05) is 24.1 Å². The van der Waals surface area contributed by atoms with Crippen LogP contribution in [-0.2, 0) is 0 Å². The third-order valence-corrected chi connectivity index (χ3v) is 3.75. The van der Waals surface area contributed by atoms with Crippen molar-refractivity contribution < 1.29 is 9.84 Å². The Morgan fingerprint density at radius 2 is 2.00 bits per heavy atom. The van der Waals surface area contributed by atoms with Crippen LogP contribution in [0.4, 0.5) is 0 Å². The van der Waals surface area contributed by atoms with Crippen LogP contribution in [0.1, 0.15) is 36.4 Å². The van der Waals surface area contributed by atoms with E-state index in [-0.39, 0.29) is 12.6 Å². The van der Waals surface area contributed by atoms with Crippen molar-refractivity contribution in [2.75, 3.05) is 26.8 Å². The van der Waals surface area contributed by atoms with E-state index in [2.05, 4.69) is 17.9 Å². The van der Waals surface area contributed by atoms with Crippen LogP contribution < -0.4 is 4.74 Å². The van der Waals surface area contributed by atoms with E-state index in [1.165, 1.54) is 24.8 Å². The average molecular weight is 249 g/mol. The Bertz CT molecular complexity index is 386. The molecule has 1 aliphatic rings. The quantitative estimate of drug-likeness (QED) is 0.890. The molecular formula is C15H23NO2. The van der Waals surface area contributed by atoms with Gasteiger partial charge in [0, 0.05) is 5.56 Å². The van der Waals surface area contributed by atoms with Crippen LogP contribution in [0.2, 0.25) is 0 Å². The summed E-state index contributed by atoms with van der Waals surface area (Å²) in [6, 6.07) is 6.25. The molecular weight excluding hydrogens is 226 g/mol. The Kier molecular flexibility index (Phi) is 4.61. The molecule has 0 radical (unpaired) electrons. The maximum Gasteiger partial charge on any atom is 0.123 e. The first-order valence-corrected chi connectivity index (χ1v) is 6.75. The summed E-state index contributed by atoms with van der Waals surface area (Å²) < 4.78 is 5.44. The van der Waals surface area contributed by atoms with Gasteiger partial charge in [0.1, 0.15) is 5.75 Å². The number of aliphatic hydroxyl groups excluding tert-OH is 1. The molecule has 0 bridgehead atoms. The Labute approximate surface area is 109 Å². The molecule has 1 aliphatic heterocycles. The maximum absolute atomic E-state index is 9.75. The summed E-state index contributed by atoms with van der Waals surface area (Å²) in [5.74, 6) is 0.880. The SMILES string of the molecule is COc1ccc(C)cc1C(CO)N1CCCCC1. The van der Waals surface area contributed by atoms with Gasteiger partial charge < -0.3 is 9.84 Å². The summed E-state index contributed by atoms with van der Waals surface area (Å²) >= 11 is 0. The third-order valence-electron chi connectivity index (χ3n) is 3.75. The minimum atomic E-state index is 0.0696. The van der Waals surface area contributed by atoms with Gasteiger partial charge in [0.15, 0.2) is 0 Å². The van der Waals surface area contributed by atoms with E-state index in [1.807, 2.05) is 12.1 Å². The van der Waals surface area contributed by atoms with Crippen LogP contribution >= 0.6 is 0 Å². The number of aryl methyl sites for hydroxylation is 1. The van der Waals surface area contributed by atoms with Gasteiger partial charge in [-0.25, -0.2) is 0 Å². The lowest BCUT2D eigenvalue weighted by Crippen LogP contribution is -2.35. The summed E-state index contributed by atoms with van der Waals surface area (Å²) in [5, 5.41) is 9.75. The number of hydrogen-bond acceptors (Lipinski definition) is 3. The standard InChI is InChI=1S/C15H23NO2/c1-12-6-7-15(18-2)13(10-12)14(11-17)16-8-4-3-5-9-16/h6-7,10,14,17H,3-5,8-9,11H2,1-2H3. The second-order valence-electron chi connectivity index (χ2n) is 5.04. The molecule has 1 unspecified atom stereocenters. The number of ether oxygens (including phenoxy) is 1. The minimum absolute atomic E-state index is 0.0696. The summed E-state index contributed by atoms with van der Waals surface area (Å²) in [7, 11) is 1.69. The zero-order valence-corrected chi connectivity index (χ0v) is 11.4. The first-order valence-electron chi connectivity index (χ1n) is 6.75. The minimum Gasteiger partial charge on any atom is -0.496 e. The molecule has 1 fully saturated rings. The summed E-state index contributed by atoms with van der Waals surface area (Å²) in [4.78, 5) is 2.38. The topological polar surface area (TPSA) is 32.7 Å². The van der Waals surface area contributed by atoms with Gasteiger partial charge in [0.05, 0.1) is 19.8 Å². The fraction of sp³-hybridized carbons (Fsp3) is 0.600. The zero-order chi connectivity index (χ0) is 13.0. The summed E-state index contributed by atoms with van der Waals surface area (Å²) in [6.07, 6.45) is 3.76. The highest BCUT2D eigenvalue weighted by atomic mass is 16.5. The lowest BCUT2D eigenvalue weighted by molar-refractivity contribution is 0.102. The van der Waals surface area contributed by atoms with Crippen molar-refractivity contribution in [1.29, 1.82) is 0 Å². The summed E-state index contributed by atoms with van der Waals surface area (Å²) in [6.45, 7) is 4.37. The molecule has 1 aromatic carbocycles. The van der Waals surface area contributed by atoms with Gasteiger partial charge in [0.2, 0.25) is 0 Å². The van der Waals surface area contributed by atoms with Crippen molar-refractivity contribution >= 4 is 0 Å². The van der Waals surface area contributed by atoms with Crippen molar-refractivity contribution in [3.8, 4) is 5.75 Å². The Morgan fingerprint density at radius 3 is 2.61 bits per heavy atom. The first kappa shape index (κ1) is 13.4. The van der Waals surface area contributed by atoms with Gasteiger partial charge in [-0.3, -0.25) is 4.90 Å². The molecule has 1 aromatic rings. The fourth-order valence-electron chi connectivity index (χ4n) is 2.75. The molecule has 1 atom stereocenters. The lowest BCUT2D eigenvalue weighted by Gasteiger charge is -2.34. The van der Waals surface area contributed by atoms with Crippen molar-refractivity contribution in [3.05, 3.63) is 29.3 Å².